The number of aryl methyl sites for hydroxylation is 1. The normalized spacial score (nSPS) is 17.6. The van der Waals surface area contributed by atoms with E-state index in [2.05, 4.69) is 11.0 Å². The molecule has 0 aliphatic carbocycles. The molecular weight excluding hydrogens is 345 g/mol. The van der Waals surface area contributed by atoms with Crippen molar-refractivity contribution < 1.29 is 19.0 Å². The third-order valence-electron chi connectivity index (χ3n) is 5.02. The van der Waals surface area contributed by atoms with Crippen molar-refractivity contribution in [2.75, 3.05) is 19.7 Å². The Morgan fingerprint density at radius 2 is 2.00 bits per heavy atom. The van der Waals surface area contributed by atoms with E-state index in [0.717, 1.165) is 38.0 Å². The Bertz CT molecular complexity index is 747. The number of carbonyl (C=O) groups is 1. The minimum atomic E-state index is -0.972. The SMILES string of the molecule is O=C(O)COc1cccc(CN2CCC[C@@H](CCc3ccc(F)cc3)C2)c1. The fourth-order valence-electron chi connectivity index (χ4n) is 3.69. The Labute approximate surface area is 159 Å². The van der Waals surface area contributed by atoms with Crippen LogP contribution in [-0.4, -0.2) is 35.7 Å². The van der Waals surface area contributed by atoms with Crippen LogP contribution in [0.2, 0.25) is 0 Å². The molecule has 0 radical (unpaired) electrons. The largest absolute Gasteiger partial charge is 0.482 e. The minimum Gasteiger partial charge on any atom is -0.482 e. The van der Waals surface area contributed by atoms with Crippen molar-refractivity contribution in [2.24, 2.45) is 5.92 Å². The van der Waals surface area contributed by atoms with E-state index in [-0.39, 0.29) is 12.4 Å². The highest BCUT2D eigenvalue weighted by Crippen LogP contribution is 2.24. The minimum absolute atomic E-state index is 0.183. The van der Waals surface area contributed by atoms with E-state index in [9.17, 15) is 9.18 Å². The third-order valence-corrected chi connectivity index (χ3v) is 5.02. The van der Waals surface area contributed by atoms with Crippen molar-refractivity contribution >= 4 is 5.97 Å². The molecule has 0 saturated carbocycles. The Balaban J connectivity index is 1.50. The number of halogens is 1. The van der Waals surface area contributed by atoms with Gasteiger partial charge in [-0.25, -0.2) is 9.18 Å². The Kier molecular flexibility index (Phi) is 6.82. The number of aliphatic carboxylic acids is 1. The summed E-state index contributed by atoms with van der Waals surface area (Å²) in [4.78, 5) is 13.1. The van der Waals surface area contributed by atoms with Crippen LogP contribution in [0.25, 0.3) is 0 Å². The molecule has 0 aromatic heterocycles. The smallest absolute Gasteiger partial charge is 0.341 e. The maximum Gasteiger partial charge on any atom is 0.341 e. The molecule has 0 bridgehead atoms. The van der Waals surface area contributed by atoms with Crippen LogP contribution >= 0.6 is 0 Å². The topological polar surface area (TPSA) is 49.8 Å². The summed E-state index contributed by atoms with van der Waals surface area (Å²) in [6.45, 7) is 2.66. The lowest BCUT2D eigenvalue weighted by atomic mass is 9.91. The van der Waals surface area contributed by atoms with Gasteiger partial charge in [-0.3, -0.25) is 4.90 Å². The number of benzene rings is 2. The van der Waals surface area contributed by atoms with Crippen LogP contribution < -0.4 is 4.74 Å². The van der Waals surface area contributed by atoms with E-state index in [1.165, 1.54) is 30.5 Å². The van der Waals surface area contributed by atoms with Gasteiger partial charge in [0.1, 0.15) is 11.6 Å². The molecule has 0 unspecified atom stereocenters. The molecule has 0 amide bonds. The van der Waals surface area contributed by atoms with Gasteiger partial charge in [0.2, 0.25) is 0 Å². The molecule has 4 nitrogen and oxygen atoms in total. The summed E-state index contributed by atoms with van der Waals surface area (Å²) in [5.74, 6) is 0.0904. The van der Waals surface area contributed by atoms with Crippen molar-refractivity contribution in [3.05, 3.63) is 65.5 Å². The highest BCUT2D eigenvalue weighted by atomic mass is 19.1. The highest BCUT2D eigenvalue weighted by molar-refractivity contribution is 5.68. The summed E-state index contributed by atoms with van der Waals surface area (Å²) in [5.41, 5.74) is 2.33. The van der Waals surface area contributed by atoms with Crippen molar-refractivity contribution in [2.45, 2.75) is 32.2 Å². The van der Waals surface area contributed by atoms with Crippen LogP contribution in [0.15, 0.2) is 48.5 Å². The summed E-state index contributed by atoms with van der Waals surface area (Å²) in [5, 5.41) is 8.73. The van der Waals surface area contributed by atoms with Crippen LogP contribution in [0.5, 0.6) is 5.75 Å². The maximum atomic E-state index is 13.0. The van der Waals surface area contributed by atoms with Crippen LogP contribution in [0.4, 0.5) is 4.39 Å². The average molecular weight is 371 g/mol. The highest BCUT2D eigenvalue weighted by Gasteiger charge is 2.20. The molecule has 1 aliphatic rings. The first-order valence-corrected chi connectivity index (χ1v) is 9.49. The van der Waals surface area contributed by atoms with Crippen molar-refractivity contribution in [1.29, 1.82) is 0 Å². The lowest BCUT2D eigenvalue weighted by molar-refractivity contribution is -0.139. The van der Waals surface area contributed by atoms with Gasteiger partial charge in [-0.1, -0.05) is 24.3 Å². The van der Waals surface area contributed by atoms with E-state index in [0.29, 0.717) is 11.7 Å². The zero-order valence-electron chi connectivity index (χ0n) is 15.4. The first-order chi connectivity index (χ1) is 13.1. The van der Waals surface area contributed by atoms with E-state index >= 15 is 0 Å². The van der Waals surface area contributed by atoms with Gasteiger partial charge in [-0.05, 0) is 73.5 Å². The number of hydrogen-bond acceptors (Lipinski definition) is 3. The van der Waals surface area contributed by atoms with E-state index in [1.807, 2.05) is 24.3 Å². The molecule has 1 N–H and O–H groups in total. The lowest BCUT2D eigenvalue weighted by Gasteiger charge is -2.33. The second kappa shape index (κ2) is 9.51. The fourth-order valence-corrected chi connectivity index (χ4v) is 3.69. The van der Waals surface area contributed by atoms with Gasteiger partial charge < -0.3 is 9.84 Å². The summed E-state index contributed by atoms with van der Waals surface area (Å²) in [6.07, 6.45) is 4.52. The number of piperidine rings is 1. The van der Waals surface area contributed by atoms with Gasteiger partial charge in [0, 0.05) is 13.1 Å². The second-order valence-electron chi connectivity index (χ2n) is 7.24. The van der Waals surface area contributed by atoms with Crippen molar-refractivity contribution in [1.82, 2.24) is 4.90 Å². The molecule has 1 aliphatic heterocycles. The molecule has 27 heavy (non-hydrogen) atoms. The molecule has 1 fully saturated rings. The van der Waals surface area contributed by atoms with Gasteiger partial charge in [-0.2, -0.15) is 0 Å². The fraction of sp³-hybridized carbons (Fsp3) is 0.409. The second-order valence-corrected chi connectivity index (χ2v) is 7.24. The monoisotopic (exact) mass is 371 g/mol. The molecule has 3 rings (SSSR count). The Morgan fingerprint density at radius 3 is 2.78 bits per heavy atom. The molecule has 1 heterocycles. The maximum absolute atomic E-state index is 13.0. The Hall–Kier alpha value is -2.40. The van der Waals surface area contributed by atoms with E-state index in [1.54, 1.807) is 6.07 Å². The molecular formula is C22H26FNO3. The van der Waals surface area contributed by atoms with Crippen LogP contribution in [-0.2, 0) is 17.8 Å². The average Bonchev–Trinajstić information content (AvgIpc) is 2.67. The standard InChI is InChI=1S/C22H26FNO3/c23-20-10-8-17(9-11-20)6-7-18-4-2-12-24(14-18)15-19-3-1-5-21(13-19)27-16-22(25)26/h1,3,5,8-11,13,18H,2,4,6-7,12,14-16H2,(H,25,26)/t18-/m0/s1. The Morgan fingerprint density at radius 1 is 1.19 bits per heavy atom. The van der Waals surface area contributed by atoms with E-state index in [4.69, 9.17) is 9.84 Å². The summed E-state index contributed by atoms with van der Waals surface area (Å²) in [7, 11) is 0. The number of hydrogen-bond donors (Lipinski definition) is 1. The van der Waals surface area contributed by atoms with Gasteiger partial charge >= 0.3 is 5.97 Å². The molecule has 0 spiro atoms. The lowest BCUT2D eigenvalue weighted by Crippen LogP contribution is -2.35. The first kappa shape index (κ1) is 19.4. The van der Waals surface area contributed by atoms with Gasteiger partial charge in [0.15, 0.2) is 6.61 Å². The molecule has 1 saturated heterocycles. The van der Waals surface area contributed by atoms with Crippen LogP contribution in [0, 0.1) is 11.7 Å². The summed E-state index contributed by atoms with van der Waals surface area (Å²) in [6, 6.07) is 14.5. The van der Waals surface area contributed by atoms with Crippen LogP contribution in [0.1, 0.15) is 30.4 Å². The third kappa shape index (κ3) is 6.36. The predicted molar refractivity (Wildman–Crippen MR) is 102 cm³/mol. The molecule has 144 valence electrons. The van der Waals surface area contributed by atoms with Gasteiger partial charge in [0.05, 0.1) is 0 Å². The van der Waals surface area contributed by atoms with Crippen molar-refractivity contribution in [3.63, 3.8) is 0 Å². The van der Waals surface area contributed by atoms with E-state index < -0.39 is 5.97 Å². The number of carboxylic acid groups (broad SMARTS) is 1. The van der Waals surface area contributed by atoms with Gasteiger partial charge in [0.25, 0.3) is 0 Å². The number of carboxylic acids is 1. The van der Waals surface area contributed by atoms with Gasteiger partial charge in [-0.15, -0.1) is 0 Å². The zero-order valence-corrected chi connectivity index (χ0v) is 15.4. The number of nitrogens with zero attached hydrogens (tertiary/aromatic N) is 1. The van der Waals surface area contributed by atoms with Crippen molar-refractivity contribution in [3.8, 4) is 5.75 Å². The number of ether oxygens (including phenoxy) is 1. The number of likely N-dealkylation sites (tertiary alicyclic amines) is 1. The molecule has 2 aromatic carbocycles. The molecule has 2 aromatic rings. The first-order valence-electron chi connectivity index (χ1n) is 9.49. The molecule has 1 atom stereocenters. The molecule has 5 heteroatoms. The zero-order chi connectivity index (χ0) is 19.1. The quantitative estimate of drug-likeness (QED) is 0.758. The number of rotatable bonds is 8. The van der Waals surface area contributed by atoms with Crippen LogP contribution in [0.3, 0.4) is 0 Å². The predicted octanol–water partition coefficient (Wildman–Crippen LogP) is 4.13. The summed E-state index contributed by atoms with van der Waals surface area (Å²) < 4.78 is 18.3. The summed E-state index contributed by atoms with van der Waals surface area (Å²) >= 11 is 0.